The van der Waals surface area contributed by atoms with E-state index in [4.69, 9.17) is 0 Å². The first-order chi connectivity index (χ1) is 10.3. The lowest BCUT2D eigenvalue weighted by Gasteiger charge is -2.10. The fraction of sp³-hybridized carbons (Fsp3) is 0.250. The molecule has 5 nitrogen and oxygen atoms in total. The van der Waals surface area contributed by atoms with Crippen molar-refractivity contribution in [1.29, 1.82) is 0 Å². The first-order valence-electron chi connectivity index (χ1n) is 7.09. The summed E-state index contributed by atoms with van der Waals surface area (Å²) in [6, 6.07) is 11.8. The van der Waals surface area contributed by atoms with Gasteiger partial charge in [0.2, 0.25) is 0 Å². The van der Waals surface area contributed by atoms with Crippen molar-refractivity contribution in [3.05, 3.63) is 54.1 Å². The van der Waals surface area contributed by atoms with E-state index in [9.17, 15) is 5.11 Å². The van der Waals surface area contributed by atoms with Crippen molar-refractivity contribution in [2.75, 3.05) is 6.54 Å². The van der Waals surface area contributed by atoms with Gasteiger partial charge in [0, 0.05) is 18.5 Å². The van der Waals surface area contributed by atoms with Crippen LogP contribution in [0.2, 0.25) is 0 Å². The van der Waals surface area contributed by atoms with Gasteiger partial charge >= 0.3 is 0 Å². The fourth-order valence-corrected chi connectivity index (χ4v) is 2.46. The number of hydrogen-bond donors (Lipinski definition) is 3. The van der Waals surface area contributed by atoms with Gasteiger partial charge in [-0.05, 0) is 29.8 Å². The maximum atomic E-state index is 10.1. The molecule has 0 spiro atoms. The molecule has 0 unspecified atom stereocenters. The lowest BCUT2D eigenvalue weighted by Crippen LogP contribution is -2.16. The summed E-state index contributed by atoms with van der Waals surface area (Å²) in [5, 5.41) is 22.3. The van der Waals surface area contributed by atoms with Gasteiger partial charge < -0.3 is 10.4 Å². The lowest BCUT2D eigenvalue weighted by molar-refractivity contribution is 0.465. The van der Waals surface area contributed by atoms with Crippen LogP contribution in [0.15, 0.2) is 42.7 Å². The third-order valence-electron chi connectivity index (χ3n) is 3.55. The summed E-state index contributed by atoms with van der Waals surface area (Å²) in [7, 11) is 0. The van der Waals surface area contributed by atoms with Gasteiger partial charge in [0.25, 0.3) is 0 Å². The van der Waals surface area contributed by atoms with Crippen molar-refractivity contribution in [3.8, 4) is 5.75 Å². The van der Waals surface area contributed by atoms with Crippen molar-refractivity contribution in [2.45, 2.75) is 19.4 Å². The highest BCUT2D eigenvalue weighted by molar-refractivity contribution is 5.87. The monoisotopic (exact) mass is 282 g/mol. The minimum absolute atomic E-state index is 0.344. The Morgan fingerprint density at radius 2 is 2.05 bits per heavy atom. The quantitative estimate of drug-likeness (QED) is 0.607. The zero-order chi connectivity index (χ0) is 14.5. The summed E-state index contributed by atoms with van der Waals surface area (Å²) < 4.78 is 0. The van der Waals surface area contributed by atoms with Crippen LogP contribution in [0.1, 0.15) is 17.8 Å². The standard InChI is InChI=1S/C16H18N4O/c21-15-8-7-12-4-1-2-5-13(12)14(15)10-17-9-3-6-16-18-11-19-20-16/h1-2,4-5,7-8,11,17,21H,3,6,9-10H2,(H,18,19,20). The number of aromatic nitrogens is 3. The minimum Gasteiger partial charge on any atom is -0.508 e. The molecule has 108 valence electrons. The maximum Gasteiger partial charge on any atom is 0.137 e. The van der Waals surface area contributed by atoms with Gasteiger partial charge in [0.05, 0.1) is 0 Å². The van der Waals surface area contributed by atoms with E-state index in [1.165, 1.54) is 6.33 Å². The molecule has 1 aromatic heterocycles. The predicted octanol–water partition coefficient (Wildman–Crippen LogP) is 2.39. The molecule has 0 aliphatic rings. The van der Waals surface area contributed by atoms with Crippen LogP contribution >= 0.6 is 0 Å². The van der Waals surface area contributed by atoms with E-state index in [1.807, 2.05) is 24.3 Å². The van der Waals surface area contributed by atoms with E-state index < -0.39 is 0 Å². The van der Waals surface area contributed by atoms with E-state index in [0.717, 1.165) is 41.5 Å². The first kappa shape index (κ1) is 13.6. The Morgan fingerprint density at radius 3 is 2.90 bits per heavy atom. The lowest BCUT2D eigenvalue weighted by atomic mass is 10.0. The Balaban J connectivity index is 1.59. The third-order valence-corrected chi connectivity index (χ3v) is 3.55. The molecule has 0 amide bonds. The second-order valence-corrected chi connectivity index (χ2v) is 5.00. The van der Waals surface area contributed by atoms with Gasteiger partial charge in [-0.2, -0.15) is 5.10 Å². The second kappa shape index (κ2) is 6.37. The Kier molecular flexibility index (Phi) is 4.12. The summed E-state index contributed by atoms with van der Waals surface area (Å²) in [5.41, 5.74) is 0.952. The molecule has 5 heteroatoms. The molecular formula is C16H18N4O. The van der Waals surface area contributed by atoms with Gasteiger partial charge in [0.1, 0.15) is 17.9 Å². The number of nitrogens with one attached hydrogen (secondary N) is 2. The number of hydrogen-bond acceptors (Lipinski definition) is 4. The SMILES string of the molecule is Oc1ccc2ccccc2c1CNCCCc1ncn[nH]1. The number of aryl methyl sites for hydroxylation is 1. The molecule has 0 fully saturated rings. The van der Waals surface area contributed by atoms with E-state index >= 15 is 0 Å². The molecule has 0 aliphatic heterocycles. The maximum absolute atomic E-state index is 10.1. The molecule has 0 saturated heterocycles. The highest BCUT2D eigenvalue weighted by atomic mass is 16.3. The number of fused-ring (bicyclic) bond motifs is 1. The van der Waals surface area contributed by atoms with Crippen LogP contribution in [-0.2, 0) is 13.0 Å². The van der Waals surface area contributed by atoms with Crippen LogP contribution in [0.5, 0.6) is 5.75 Å². The van der Waals surface area contributed by atoms with Crippen LogP contribution in [0.3, 0.4) is 0 Å². The second-order valence-electron chi connectivity index (χ2n) is 5.00. The molecule has 2 aromatic carbocycles. The molecule has 0 aliphatic carbocycles. The number of aromatic amines is 1. The van der Waals surface area contributed by atoms with E-state index in [2.05, 4.69) is 26.6 Å². The Labute approximate surface area is 123 Å². The van der Waals surface area contributed by atoms with Crippen LogP contribution in [0.25, 0.3) is 10.8 Å². The van der Waals surface area contributed by atoms with Crippen LogP contribution in [-0.4, -0.2) is 26.8 Å². The number of nitrogens with zero attached hydrogens (tertiary/aromatic N) is 2. The summed E-state index contributed by atoms with van der Waals surface area (Å²) in [6.45, 7) is 1.52. The van der Waals surface area contributed by atoms with Gasteiger partial charge in [-0.3, -0.25) is 5.10 Å². The molecule has 0 atom stereocenters. The van der Waals surface area contributed by atoms with Gasteiger partial charge in [-0.15, -0.1) is 0 Å². The van der Waals surface area contributed by atoms with E-state index in [-0.39, 0.29) is 0 Å². The predicted molar refractivity (Wildman–Crippen MR) is 82.0 cm³/mol. The van der Waals surface area contributed by atoms with Crippen molar-refractivity contribution in [3.63, 3.8) is 0 Å². The molecule has 3 rings (SSSR count). The van der Waals surface area contributed by atoms with Gasteiger partial charge in [0.15, 0.2) is 0 Å². The minimum atomic E-state index is 0.344. The number of benzene rings is 2. The molecule has 21 heavy (non-hydrogen) atoms. The smallest absolute Gasteiger partial charge is 0.137 e. The number of phenolic OH excluding ortho intramolecular Hbond substituents is 1. The summed E-state index contributed by atoms with van der Waals surface area (Å²) in [5.74, 6) is 1.25. The summed E-state index contributed by atoms with van der Waals surface area (Å²) in [4.78, 5) is 4.09. The van der Waals surface area contributed by atoms with Crippen molar-refractivity contribution in [1.82, 2.24) is 20.5 Å². The first-order valence-corrected chi connectivity index (χ1v) is 7.09. The highest BCUT2D eigenvalue weighted by Gasteiger charge is 2.06. The van der Waals surface area contributed by atoms with Crippen LogP contribution in [0.4, 0.5) is 0 Å². The molecule has 3 aromatic rings. The number of rotatable bonds is 6. The number of phenols is 1. The Hall–Kier alpha value is -2.40. The molecule has 3 N–H and O–H groups in total. The normalized spacial score (nSPS) is 11.0. The van der Waals surface area contributed by atoms with Crippen LogP contribution in [0, 0.1) is 0 Å². The number of aromatic hydroxyl groups is 1. The highest BCUT2D eigenvalue weighted by Crippen LogP contribution is 2.26. The zero-order valence-corrected chi connectivity index (χ0v) is 11.7. The Morgan fingerprint density at radius 1 is 1.14 bits per heavy atom. The van der Waals surface area contributed by atoms with Crippen molar-refractivity contribution >= 4 is 10.8 Å². The van der Waals surface area contributed by atoms with E-state index in [0.29, 0.717) is 12.3 Å². The van der Waals surface area contributed by atoms with Gasteiger partial charge in [-0.1, -0.05) is 30.3 Å². The summed E-state index contributed by atoms with van der Waals surface area (Å²) in [6.07, 6.45) is 3.37. The topological polar surface area (TPSA) is 73.8 Å². The molecule has 0 radical (unpaired) electrons. The molecular weight excluding hydrogens is 264 g/mol. The van der Waals surface area contributed by atoms with Crippen LogP contribution < -0.4 is 5.32 Å². The Bertz CT molecular complexity index is 709. The fourth-order valence-electron chi connectivity index (χ4n) is 2.46. The van der Waals surface area contributed by atoms with Crippen molar-refractivity contribution in [2.24, 2.45) is 0 Å². The van der Waals surface area contributed by atoms with Gasteiger partial charge in [-0.25, -0.2) is 4.98 Å². The summed E-state index contributed by atoms with van der Waals surface area (Å²) >= 11 is 0. The third kappa shape index (κ3) is 3.20. The van der Waals surface area contributed by atoms with Crippen molar-refractivity contribution < 1.29 is 5.11 Å². The zero-order valence-electron chi connectivity index (χ0n) is 11.7. The molecule has 0 saturated carbocycles. The average Bonchev–Trinajstić information content (AvgIpc) is 3.02. The van der Waals surface area contributed by atoms with E-state index in [1.54, 1.807) is 6.07 Å². The number of H-pyrrole nitrogens is 1. The molecule has 1 heterocycles. The average molecular weight is 282 g/mol. The largest absolute Gasteiger partial charge is 0.508 e. The molecule has 0 bridgehead atoms.